The minimum absolute atomic E-state index is 0.0527. The van der Waals surface area contributed by atoms with Crippen LogP contribution < -0.4 is 10.1 Å². The number of para-hydroxylation sites is 1. The molecule has 35 heavy (non-hydrogen) atoms. The molecule has 1 fully saturated rings. The number of hydrogen-bond acceptors (Lipinski definition) is 6. The van der Waals surface area contributed by atoms with Crippen molar-refractivity contribution in [3.05, 3.63) is 78.4 Å². The third kappa shape index (κ3) is 5.41. The minimum atomic E-state index is -2.91. The van der Waals surface area contributed by atoms with E-state index in [1.165, 1.54) is 25.0 Å². The van der Waals surface area contributed by atoms with E-state index in [1.54, 1.807) is 36.5 Å². The molecule has 2 aromatic heterocycles. The lowest BCUT2D eigenvalue weighted by molar-refractivity contribution is -0.0498. The standard InChI is InChI=1S/C26H23F2N5O2/c27-26(28)35-19-7-3-6-18(15-19)20-8-4-5-17-9-10-21(30-24(17)20)25(34)32-22-11-12-29-23(31-22)16-33-13-1-2-14-33/h3-12,15,26H,1-2,13-14,16H2,(H,29,31,32,34). The summed E-state index contributed by atoms with van der Waals surface area (Å²) in [5, 5.41) is 3.62. The van der Waals surface area contributed by atoms with Gasteiger partial charge in [-0.05, 0) is 55.8 Å². The number of hydrogen-bond donors (Lipinski definition) is 1. The first-order chi connectivity index (χ1) is 17.0. The first-order valence-corrected chi connectivity index (χ1v) is 11.4. The van der Waals surface area contributed by atoms with Gasteiger partial charge in [-0.2, -0.15) is 8.78 Å². The van der Waals surface area contributed by atoms with Crippen LogP contribution in [0.15, 0.2) is 66.9 Å². The summed E-state index contributed by atoms with van der Waals surface area (Å²) in [5.74, 6) is 0.717. The number of nitrogens with zero attached hydrogens (tertiary/aromatic N) is 4. The lowest BCUT2D eigenvalue weighted by Crippen LogP contribution is -2.21. The summed E-state index contributed by atoms with van der Waals surface area (Å²) in [6.07, 6.45) is 3.99. The summed E-state index contributed by atoms with van der Waals surface area (Å²) in [6.45, 7) is -0.208. The number of amides is 1. The Kier molecular flexibility index (Phi) is 6.58. The third-order valence-corrected chi connectivity index (χ3v) is 5.83. The quantitative estimate of drug-likeness (QED) is 0.399. The second-order valence-corrected chi connectivity index (χ2v) is 8.28. The predicted molar refractivity (Wildman–Crippen MR) is 128 cm³/mol. The van der Waals surface area contributed by atoms with Gasteiger partial charge in [-0.25, -0.2) is 15.0 Å². The van der Waals surface area contributed by atoms with Crippen LogP contribution >= 0.6 is 0 Å². The van der Waals surface area contributed by atoms with Gasteiger partial charge in [0.05, 0.1) is 12.1 Å². The largest absolute Gasteiger partial charge is 0.435 e. The number of halogens is 2. The van der Waals surface area contributed by atoms with Crippen LogP contribution in [0.4, 0.5) is 14.6 Å². The normalized spacial score (nSPS) is 13.9. The summed E-state index contributed by atoms with van der Waals surface area (Å²) in [4.78, 5) is 28.7. The number of likely N-dealkylation sites (tertiary alicyclic amines) is 1. The third-order valence-electron chi connectivity index (χ3n) is 5.83. The summed E-state index contributed by atoms with van der Waals surface area (Å²) in [6, 6.07) is 17.1. The molecule has 3 heterocycles. The lowest BCUT2D eigenvalue weighted by atomic mass is 10.0. The molecule has 0 atom stereocenters. The molecule has 0 spiro atoms. The van der Waals surface area contributed by atoms with Gasteiger partial charge in [0.15, 0.2) is 0 Å². The Morgan fingerprint density at radius 1 is 1.03 bits per heavy atom. The molecule has 0 saturated carbocycles. The van der Waals surface area contributed by atoms with Gasteiger partial charge in [-0.3, -0.25) is 9.69 Å². The molecule has 1 N–H and O–H groups in total. The van der Waals surface area contributed by atoms with Crippen LogP contribution in [0.2, 0.25) is 0 Å². The highest BCUT2D eigenvalue weighted by molar-refractivity contribution is 6.04. The van der Waals surface area contributed by atoms with Crippen molar-refractivity contribution in [2.45, 2.75) is 26.0 Å². The highest BCUT2D eigenvalue weighted by Crippen LogP contribution is 2.30. The van der Waals surface area contributed by atoms with Gasteiger partial charge in [0.2, 0.25) is 0 Å². The Bertz CT molecular complexity index is 1360. The van der Waals surface area contributed by atoms with Gasteiger partial charge >= 0.3 is 6.61 Å². The Balaban J connectivity index is 1.40. The lowest BCUT2D eigenvalue weighted by Gasteiger charge is -2.13. The van der Waals surface area contributed by atoms with Crippen molar-refractivity contribution in [2.24, 2.45) is 0 Å². The maximum absolute atomic E-state index is 13.0. The van der Waals surface area contributed by atoms with E-state index in [2.05, 4.69) is 29.9 Å². The highest BCUT2D eigenvalue weighted by atomic mass is 19.3. The van der Waals surface area contributed by atoms with Crippen molar-refractivity contribution in [1.82, 2.24) is 19.9 Å². The first-order valence-electron chi connectivity index (χ1n) is 11.4. The van der Waals surface area contributed by atoms with Crippen molar-refractivity contribution in [2.75, 3.05) is 18.4 Å². The maximum atomic E-state index is 13.0. The molecule has 0 unspecified atom stereocenters. The number of carbonyl (C=O) groups is 1. The van der Waals surface area contributed by atoms with Crippen LogP contribution in [0.3, 0.4) is 0 Å². The van der Waals surface area contributed by atoms with Crippen molar-refractivity contribution in [1.29, 1.82) is 0 Å². The second-order valence-electron chi connectivity index (χ2n) is 8.28. The molecule has 0 radical (unpaired) electrons. The number of nitrogens with one attached hydrogen (secondary N) is 1. The Hall–Kier alpha value is -3.98. The van der Waals surface area contributed by atoms with Crippen molar-refractivity contribution >= 4 is 22.6 Å². The van der Waals surface area contributed by atoms with Crippen molar-refractivity contribution < 1.29 is 18.3 Å². The molecule has 5 rings (SSSR count). The zero-order valence-electron chi connectivity index (χ0n) is 18.8. The number of anilines is 1. The molecular weight excluding hydrogens is 452 g/mol. The molecule has 1 aliphatic rings. The van der Waals surface area contributed by atoms with Gasteiger partial charge < -0.3 is 10.1 Å². The minimum Gasteiger partial charge on any atom is -0.435 e. The van der Waals surface area contributed by atoms with E-state index in [0.29, 0.717) is 34.8 Å². The number of pyridine rings is 1. The Morgan fingerprint density at radius 3 is 2.69 bits per heavy atom. The molecule has 9 heteroatoms. The van der Waals surface area contributed by atoms with Crippen LogP contribution in [-0.2, 0) is 6.54 Å². The van der Waals surface area contributed by atoms with Crippen molar-refractivity contribution in [3.8, 4) is 16.9 Å². The van der Waals surface area contributed by atoms with E-state index in [1.807, 2.05) is 18.2 Å². The number of aromatic nitrogens is 3. The van der Waals surface area contributed by atoms with Crippen LogP contribution in [0.25, 0.3) is 22.0 Å². The average molecular weight is 475 g/mol. The summed E-state index contributed by atoms with van der Waals surface area (Å²) in [5.41, 5.74) is 2.14. The number of benzene rings is 2. The van der Waals surface area contributed by atoms with Gasteiger partial charge in [0.25, 0.3) is 5.91 Å². The number of carbonyl (C=O) groups excluding carboxylic acids is 1. The van der Waals surface area contributed by atoms with Gasteiger partial charge in [-0.15, -0.1) is 0 Å². The summed E-state index contributed by atoms with van der Waals surface area (Å²) < 4.78 is 29.9. The molecule has 0 aliphatic carbocycles. The fourth-order valence-corrected chi connectivity index (χ4v) is 4.21. The van der Waals surface area contributed by atoms with E-state index in [9.17, 15) is 13.6 Å². The van der Waals surface area contributed by atoms with E-state index >= 15 is 0 Å². The zero-order chi connectivity index (χ0) is 24.2. The Morgan fingerprint density at radius 2 is 1.86 bits per heavy atom. The average Bonchev–Trinajstić information content (AvgIpc) is 3.36. The SMILES string of the molecule is O=C(Nc1ccnc(CN2CCCC2)n1)c1ccc2cccc(-c3cccc(OC(F)F)c3)c2n1. The molecule has 0 bridgehead atoms. The van der Waals surface area contributed by atoms with Gasteiger partial charge in [0.1, 0.15) is 23.1 Å². The topological polar surface area (TPSA) is 80.2 Å². The fourth-order valence-electron chi connectivity index (χ4n) is 4.21. The van der Waals surface area contributed by atoms with Crippen molar-refractivity contribution in [3.63, 3.8) is 0 Å². The number of rotatable bonds is 7. The van der Waals surface area contributed by atoms with E-state index in [-0.39, 0.29) is 11.4 Å². The summed E-state index contributed by atoms with van der Waals surface area (Å²) >= 11 is 0. The van der Waals surface area contributed by atoms with Crippen LogP contribution in [0.5, 0.6) is 5.75 Å². The molecule has 1 amide bonds. The van der Waals surface area contributed by atoms with Crippen LogP contribution in [0.1, 0.15) is 29.2 Å². The van der Waals surface area contributed by atoms with Gasteiger partial charge in [-0.1, -0.05) is 36.4 Å². The molecule has 1 aliphatic heterocycles. The Labute approximate surface area is 200 Å². The molecular formula is C26H23F2N5O2. The predicted octanol–water partition coefficient (Wildman–Crippen LogP) is 5.14. The maximum Gasteiger partial charge on any atom is 0.387 e. The molecule has 178 valence electrons. The van der Waals surface area contributed by atoms with E-state index < -0.39 is 12.5 Å². The van der Waals surface area contributed by atoms with E-state index in [0.717, 1.165) is 18.5 Å². The zero-order valence-corrected chi connectivity index (χ0v) is 18.8. The van der Waals surface area contributed by atoms with Crippen LogP contribution in [0, 0.1) is 0 Å². The highest BCUT2D eigenvalue weighted by Gasteiger charge is 2.16. The number of fused-ring (bicyclic) bond motifs is 1. The molecule has 1 saturated heterocycles. The van der Waals surface area contributed by atoms with Crippen LogP contribution in [-0.4, -0.2) is 45.5 Å². The monoisotopic (exact) mass is 475 g/mol. The first kappa shape index (κ1) is 22.8. The number of alkyl halides is 2. The molecule has 2 aromatic carbocycles. The fraction of sp³-hybridized carbons (Fsp3) is 0.231. The summed E-state index contributed by atoms with van der Waals surface area (Å²) in [7, 11) is 0. The van der Waals surface area contributed by atoms with E-state index in [4.69, 9.17) is 0 Å². The van der Waals surface area contributed by atoms with Gasteiger partial charge in [0, 0.05) is 17.1 Å². The molecule has 4 aromatic rings. The number of ether oxygens (including phenoxy) is 1. The smallest absolute Gasteiger partial charge is 0.387 e. The second kappa shape index (κ2) is 10.1. The molecule has 7 nitrogen and oxygen atoms in total.